The maximum atomic E-state index is 6.47. The van der Waals surface area contributed by atoms with Gasteiger partial charge < -0.3 is 5.32 Å². The number of aromatic nitrogens is 2. The lowest BCUT2D eigenvalue weighted by atomic mass is 9.87. The van der Waals surface area contributed by atoms with Crippen molar-refractivity contribution in [3.05, 3.63) is 16.4 Å². The van der Waals surface area contributed by atoms with E-state index < -0.39 is 0 Å². The van der Waals surface area contributed by atoms with Crippen LogP contribution < -0.4 is 5.32 Å². The molecule has 1 aliphatic rings. The van der Waals surface area contributed by atoms with Gasteiger partial charge in [-0.2, -0.15) is 5.10 Å². The lowest BCUT2D eigenvalue weighted by Gasteiger charge is -2.28. The molecule has 1 saturated carbocycles. The molecule has 1 aliphatic carbocycles. The molecule has 1 N–H and O–H groups in total. The van der Waals surface area contributed by atoms with E-state index >= 15 is 0 Å². The Labute approximate surface area is 128 Å². The average Bonchev–Trinajstić information content (AvgIpc) is 2.96. The summed E-state index contributed by atoms with van der Waals surface area (Å²) in [4.78, 5) is 0. The number of hydrogen-bond acceptors (Lipinski definition) is 2. The minimum absolute atomic E-state index is 0.524. The van der Waals surface area contributed by atoms with Crippen LogP contribution in [0.25, 0.3) is 0 Å². The minimum Gasteiger partial charge on any atom is -0.314 e. The summed E-state index contributed by atoms with van der Waals surface area (Å²) in [6, 6.07) is 0.524. The third kappa shape index (κ3) is 3.20. The van der Waals surface area contributed by atoms with E-state index in [1.165, 1.54) is 25.0 Å². The zero-order chi connectivity index (χ0) is 14.7. The summed E-state index contributed by atoms with van der Waals surface area (Å²) in [5.74, 6) is 1.59. The van der Waals surface area contributed by atoms with E-state index in [0.717, 1.165) is 42.1 Å². The first-order chi connectivity index (χ1) is 9.58. The van der Waals surface area contributed by atoms with Crippen LogP contribution in [0.4, 0.5) is 0 Å². The number of likely N-dealkylation sites (N-methyl/N-ethyl adjacent to an activating group) is 1. The molecule has 0 saturated heterocycles. The predicted octanol–water partition coefficient (Wildman–Crippen LogP) is 3.82. The van der Waals surface area contributed by atoms with Crippen LogP contribution in [0.3, 0.4) is 0 Å². The molecule has 3 nitrogen and oxygen atoms in total. The molecule has 0 aliphatic heterocycles. The van der Waals surface area contributed by atoms with Gasteiger partial charge in [-0.1, -0.05) is 38.3 Å². The number of hydrogen-bond donors (Lipinski definition) is 1. The van der Waals surface area contributed by atoms with Gasteiger partial charge in [0.15, 0.2) is 0 Å². The van der Waals surface area contributed by atoms with E-state index in [0.29, 0.717) is 6.04 Å². The molecule has 1 heterocycles. The van der Waals surface area contributed by atoms with Gasteiger partial charge in [0.25, 0.3) is 0 Å². The maximum absolute atomic E-state index is 6.47. The Kier molecular flexibility index (Phi) is 5.50. The van der Waals surface area contributed by atoms with Gasteiger partial charge in [-0.25, -0.2) is 0 Å². The zero-order valence-electron chi connectivity index (χ0n) is 13.2. The minimum atomic E-state index is 0.524. The Bertz CT molecular complexity index is 441. The molecule has 0 spiro atoms. The summed E-state index contributed by atoms with van der Waals surface area (Å²) in [6.45, 7) is 10.6. The smallest absolute Gasteiger partial charge is 0.0847 e. The summed E-state index contributed by atoms with van der Waals surface area (Å²) < 4.78 is 2.07. The van der Waals surface area contributed by atoms with Crippen LogP contribution in [-0.2, 0) is 13.0 Å². The molecule has 2 rings (SSSR count). The molecule has 1 aromatic heterocycles. The van der Waals surface area contributed by atoms with Gasteiger partial charge in [0.2, 0.25) is 0 Å². The highest BCUT2D eigenvalue weighted by atomic mass is 35.5. The highest BCUT2D eigenvalue weighted by Crippen LogP contribution is 2.35. The van der Waals surface area contributed by atoms with E-state index in [-0.39, 0.29) is 0 Å². The van der Waals surface area contributed by atoms with Crippen molar-refractivity contribution in [2.24, 2.45) is 11.8 Å². The van der Waals surface area contributed by atoms with Gasteiger partial charge in [-0.15, -0.1) is 0 Å². The summed E-state index contributed by atoms with van der Waals surface area (Å²) in [7, 11) is 0. The molecule has 0 bridgehead atoms. The molecule has 1 fully saturated rings. The number of nitrogens with zero attached hydrogens (tertiary/aromatic N) is 2. The Morgan fingerprint density at radius 2 is 2.15 bits per heavy atom. The quantitative estimate of drug-likeness (QED) is 0.865. The normalized spacial score (nSPS) is 24.2. The molecule has 20 heavy (non-hydrogen) atoms. The number of halogens is 1. The molecule has 3 atom stereocenters. The summed E-state index contributed by atoms with van der Waals surface area (Å²) >= 11 is 6.47. The van der Waals surface area contributed by atoms with Crippen LogP contribution in [0.1, 0.15) is 51.4 Å². The highest BCUT2D eigenvalue weighted by Gasteiger charge is 2.31. The fourth-order valence-electron chi connectivity index (χ4n) is 3.68. The number of aryl methyl sites for hydroxylation is 2. The van der Waals surface area contributed by atoms with Gasteiger partial charge in [0, 0.05) is 19.0 Å². The molecule has 0 aromatic carbocycles. The van der Waals surface area contributed by atoms with Crippen molar-refractivity contribution < 1.29 is 0 Å². The van der Waals surface area contributed by atoms with Crippen LogP contribution in [-0.4, -0.2) is 22.4 Å². The van der Waals surface area contributed by atoms with E-state index in [1.807, 2.05) is 6.92 Å². The second kappa shape index (κ2) is 6.95. The topological polar surface area (TPSA) is 29.9 Å². The Morgan fingerprint density at radius 3 is 2.70 bits per heavy atom. The predicted molar refractivity (Wildman–Crippen MR) is 85.3 cm³/mol. The van der Waals surface area contributed by atoms with E-state index in [2.05, 4.69) is 35.9 Å². The monoisotopic (exact) mass is 297 g/mol. The fourth-order valence-corrected chi connectivity index (χ4v) is 3.89. The first-order valence-electron chi connectivity index (χ1n) is 8.03. The number of rotatable bonds is 6. The second-order valence-electron chi connectivity index (χ2n) is 6.10. The van der Waals surface area contributed by atoms with Gasteiger partial charge in [0.05, 0.1) is 16.4 Å². The van der Waals surface area contributed by atoms with Crippen molar-refractivity contribution in [3.63, 3.8) is 0 Å². The van der Waals surface area contributed by atoms with Crippen molar-refractivity contribution in [2.75, 3.05) is 6.54 Å². The highest BCUT2D eigenvalue weighted by molar-refractivity contribution is 6.31. The molecule has 0 amide bonds. The number of nitrogens with one attached hydrogen (secondary N) is 1. The maximum Gasteiger partial charge on any atom is 0.0847 e. The third-order valence-electron chi connectivity index (χ3n) is 4.78. The molecule has 4 heteroatoms. The Hall–Kier alpha value is -0.540. The third-order valence-corrected chi connectivity index (χ3v) is 5.27. The van der Waals surface area contributed by atoms with Gasteiger partial charge >= 0.3 is 0 Å². The lowest BCUT2D eigenvalue weighted by molar-refractivity contribution is 0.294. The van der Waals surface area contributed by atoms with Crippen LogP contribution in [0, 0.1) is 18.8 Å². The average molecular weight is 298 g/mol. The molecule has 114 valence electrons. The van der Waals surface area contributed by atoms with Crippen LogP contribution >= 0.6 is 11.6 Å². The van der Waals surface area contributed by atoms with Crippen molar-refractivity contribution in [1.29, 1.82) is 0 Å². The first kappa shape index (κ1) is 15.8. The standard InChI is InChI=1S/C16H28ClN3/c1-5-18-14(13-9-7-8-11(13)3)10-15-16(17)12(4)19-20(15)6-2/h11,13-14,18H,5-10H2,1-4H3. The van der Waals surface area contributed by atoms with E-state index in [1.54, 1.807) is 0 Å². The van der Waals surface area contributed by atoms with Crippen molar-refractivity contribution in [3.8, 4) is 0 Å². The van der Waals surface area contributed by atoms with Crippen LogP contribution in [0.5, 0.6) is 0 Å². The molecular formula is C16H28ClN3. The van der Waals surface area contributed by atoms with Crippen molar-refractivity contribution in [2.45, 2.75) is 66.0 Å². The van der Waals surface area contributed by atoms with Gasteiger partial charge in [-0.3, -0.25) is 4.68 Å². The first-order valence-corrected chi connectivity index (χ1v) is 8.41. The molecule has 3 unspecified atom stereocenters. The van der Waals surface area contributed by atoms with Crippen LogP contribution in [0.2, 0.25) is 5.02 Å². The van der Waals surface area contributed by atoms with Crippen molar-refractivity contribution >= 4 is 11.6 Å². The molecular weight excluding hydrogens is 270 g/mol. The molecule has 1 aromatic rings. The van der Waals surface area contributed by atoms with Gasteiger partial charge in [-0.05, 0) is 38.6 Å². The largest absolute Gasteiger partial charge is 0.314 e. The van der Waals surface area contributed by atoms with Gasteiger partial charge in [0.1, 0.15) is 0 Å². The van der Waals surface area contributed by atoms with Crippen molar-refractivity contribution in [1.82, 2.24) is 15.1 Å². The van der Waals surface area contributed by atoms with Crippen LogP contribution in [0.15, 0.2) is 0 Å². The Morgan fingerprint density at radius 1 is 1.40 bits per heavy atom. The lowest BCUT2D eigenvalue weighted by Crippen LogP contribution is -2.39. The van der Waals surface area contributed by atoms with E-state index in [4.69, 9.17) is 11.6 Å². The second-order valence-corrected chi connectivity index (χ2v) is 6.48. The SMILES string of the molecule is CCNC(Cc1c(Cl)c(C)nn1CC)C1CCCC1C. The summed E-state index contributed by atoms with van der Waals surface area (Å²) in [5, 5.41) is 9.10. The fraction of sp³-hybridized carbons (Fsp3) is 0.812. The summed E-state index contributed by atoms with van der Waals surface area (Å²) in [6.07, 6.45) is 5.08. The zero-order valence-corrected chi connectivity index (χ0v) is 14.0. The summed E-state index contributed by atoms with van der Waals surface area (Å²) in [5.41, 5.74) is 2.16. The Balaban J connectivity index is 2.19. The van der Waals surface area contributed by atoms with E-state index in [9.17, 15) is 0 Å². The molecule has 0 radical (unpaired) electrons.